The van der Waals surface area contributed by atoms with Crippen LogP contribution in [-0.4, -0.2) is 28.4 Å². The quantitative estimate of drug-likeness (QED) is 0.745. The third-order valence-corrected chi connectivity index (χ3v) is 3.04. The van der Waals surface area contributed by atoms with Gasteiger partial charge in [0.2, 0.25) is 0 Å². The van der Waals surface area contributed by atoms with Gasteiger partial charge in [0, 0.05) is 12.7 Å². The number of halogens is 1. The van der Waals surface area contributed by atoms with Crippen LogP contribution in [0.15, 0.2) is 48.7 Å². The van der Waals surface area contributed by atoms with E-state index in [1.165, 1.54) is 12.3 Å². The van der Waals surface area contributed by atoms with Gasteiger partial charge in [0.25, 0.3) is 0 Å². The van der Waals surface area contributed by atoms with Crippen LogP contribution >= 0.6 is 11.6 Å². The molecule has 0 spiro atoms. The van der Waals surface area contributed by atoms with Gasteiger partial charge in [-0.2, -0.15) is 0 Å². The fraction of sp³-hybridized carbons (Fsp3) is 0.133. The summed E-state index contributed by atoms with van der Waals surface area (Å²) in [5.74, 6) is -1.50. The number of anilines is 1. The van der Waals surface area contributed by atoms with Gasteiger partial charge in [-0.05, 0) is 17.7 Å². The normalized spacial score (nSPS) is 11.5. The maximum Gasteiger partial charge on any atom is 0.314 e. The van der Waals surface area contributed by atoms with Crippen molar-refractivity contribution < 1.29 is 14.7 Å². The highest BCUT2D eigenvalue weighted by Crippen LogP contribution is 2.11. The number of hydrogen-bond acceptors (Lipinski definition) is 4. The number of aliphatic hydroxyl groups excluding tert-OH is 1. The molecule has 3 N–H and O–H groups in total. The van der Waals surface area contributed by atoms with E-state index in [0.717, 1.165) is 0 Å². The molecule has 2 aromatic rings. The molecule has 114 valence electrons. The van der Waals surface area contributed by atoms with Gasteiger partial charge >= 0.3 is 11.8 Å². The minimum atomic E-state index is -0.883. The molecule has 0 aliphatic rings. The minimum Gasteiger partial charge on any atom is -0.387 e. The first-order valence-electron chi connectivity index (χ1n) is 6.50. The van der Waals surface area contributed by atoms with Crippen LogP contribution in [0.2, 0.25) is 5.02 Å². The van der Waals surface area contributed by atoms with Crippen molar-refractivity contribution in [1.29, 1.82) is 0 Å². The molecule has 0 radical (unpaired) electrons. The molecule has 0 fully saturated rings. The topological polar surface area (TPSA) is 91.3 Å². The van der Waals surface area contributed by atoms with Gasteiger partial charge in [0.15, 0.2) is 0 Å². The number of hydrogen-bond donors (Lipinski definition) is 3. The Bertz CT molecular complexity index is 647. The van der Waals surface area contributed by atoms with E-state index >= 15 is 0 Å². The summed E-state index contributed by atoms with van der Waals surface area (Å²) in [4.78, 5) is 27.2. The van der Waals surface area contributed by atoms with E-state index in [4.69, 9.17) is 11.6 Å². The molecule has 0 bridgehead atoms. The zero-order valence-corrected chi connectivity index (χ0v) is 12.2. The molecule has 1 atom stereocenters. The van der Waals surface area contributed by atoms with Crippen LogP contribution in [0.1, 0.15) is 11.7 Å². The standard InChI is InChI=1S/C15H14ClN3O3/c16-11-6-7-13(17-8-11)19-15(22)14(21)18-9-12(20)10-4-2-1-3-5-10/h1-8,12,20H,9H2,(H,18,21)(H,17,19,22)/t12-/m0/s1. The smallest absolute Gasteiger partial charge is 0.314 e. The van der Waals surface area contributed by atoms with Crippen molar-refractivity contribution in [1.82, 2.24) is 10.3 Å². The minimum absolute atomic E-state index is 0.0652. The van der Waals surface area contributed by atoms with Gasteiger partial charge in [0.1, 0.15) is 5.82 Å². The number of amides is 2. The lowest BCUT2D eigenvalue weighted by atomic mass is 10.1. The largest absolute Gasteiger partial charge is 0.387 e. The summed E-state index contributed by atoms with van der Waals surface area (Å²) in [6, 6.07) is 11.9. The number of pyridine rings is 1. The fourth-order valence-corrected chi connectivity index (χ4v) is 1.80. The maximum atomic E-state index is 11.7. The first kappa shape index (κ1) is 15.9. The lowest BCUT2D eigenvalue weighted by molar-refractivity contribution is -0.136. The van der Waals surface area contributed by atoms with E-state index in [9.17, 15) is 14.7 Å². The summed E-state index contributed by atoms with van der Waals surface area (Å²) < 4.78 is 0. The first-order chi connectivity index (χ1) is 10.6. The SMILES string of the molecule is O=C(NC[C@H](O)c1ccccc1)C(=O)Nc1ccc(Cl)cn1. The molecular weight excluding hydrogens is 306 g/mol. The second-order valence-electron chi connectivity index (χ2n) is 4.45. The van der Waals surface area contributed by atoms with Crippen molar-refractivity contribution in [2.75, 3.05) is 11.9 Å². The summed E-state index contributed by atoms with van der Waals surface area (Å²) >= 11 is 5.67. The Kier molecular flexibility index (Phi) is 5.46. The number of nitrogens with zero attached hydrogens (tertiary/aromatic N) is 1. The van der Waals surface area contributed by atoms with Crippen LogP contribution < -0.4 is 10.6 Å². The summed E-state index contributed by atoms with van der Waals surface area (Å²) in [6.45, 7) is -0.0652. The number of carbonyl (C=O) groups is 2. The Morgan fingerprint density at radius 1 is 1.14 bits per heavy atom. The van der Waals surface area contributed by atoms with Crippen LogP contribution in [0.5, 0.6) is 0 Å². The Labute approximate surface area is 132 Å². The molecule has 1 aromatic carbocycles. The monoisotopic (exact) mass is 319 g/mol. The van der Waals surface area contributed by atoms with Crippen molar-refractivity contribution in [2.45, 2.75) is 6.10 Å². The van der Waals surface area contributed by atoms with Crippen molar-refractivity contribution in [3.05, 3.63) is 59.2 Å². The predicted octanol–water partition coefficient (Wildman–Crippen LogP) is 1.52. The first-order valence-corrected chi connectivity index (χ1v) is 6.88. The van der Waals surface area contributed by atoms with Crippen LogP contribution in [0.25, 0.3) is 0 Å². The molecule has 1 aromatic heterocycles. The third kappa shape index (κ3) is 4.54. The molecule has 0 saturated heterocycles. The average molecular weight is 320 g/mol. The zero-order valence-electron chi connectivity index (χ0n) is 11.5. The van der Waals surface area contributed by atoms with Crippen LogP contribution in [-0.2, 0) is 9.59 Å². The second kappa shape index (κ2) is 7.53. The second-order valence-corrected chi connectivity index (χ2v) is 4.89. The highest BCUT2D eigenvalue weighted by atomic mass is 35.5. The molecule has 7 heteroatoms. The van der Waals surface area contributed by atoms with Crippen molar-refractivity contribution in [3.8, 4) is 0 Å². The van der Waals surface area contributed by atoms with E-state index in [0.29, 0.717) is 10.6 Å². The average Bonchev–Trinajstić information content (AvgIpc) is 2.55. The Hall–Kier alpha value is -2.44. The van der Waals surface area contributed by atoms with Crippen LogP contribution in [0, 0.1) is 0 Å². The van der Waals surface area contributed by atoms with E-state index in [1.807, 2.05) is 6.07 Å². The molecule has 0 aliphatic heterocycles. The molecule has 0 saturated carbocycles. The lowest BCUT2D eigenvalue weighted by Crippen LogP contribution is -2.37. The predicted molar refractivity (Wildman–Crippen MR) is 82.3 cm³/mol. The molecule has 1 heterocycles. The van der Waals surface area contributed by atoms with Gasteiger partial charge in [-0.3, -0.25) is 9.59 Å². The number of carbonyl (C=O) groups excluding carboxylic acids is 2. The molecule has 0 aliphatic carbocycles. The van der Waals surface area contributed by atoms with E-state index in [-0.39, 0.29) is 12.4 Å². The highest BCUT2D eigenvalue weighted by Gasteiger charge is 2.16. The van der Waals surface area contributed by atoms with E-state index in [2.05, 4.69) is 15.6 Å². The van der Waals surface area contributed by atoms with Crippen LogP contribution in [0.4, 0.5) is 5.82 Å². The number of benzene rings is 1. The van der Waals surface area contributed by atoms with Crippen molar-refractivity contribution in [3.63, 3.8) is 0 Å². The molecule has 6 nitrogen and oxygen atoms in total. The Morgan fingerprint density at radius 2 is 1.86 bits per heavy atom. The number of rotatable bonds is 4. The summed E-state index contributed by atoms with van der Waals surface area (Å²) in [6.07, 6.45) is 0.473. The molecular formula is C15H14ClN3O3. The summed E-state index contributed by atoms with van der Waals surface area (Å²) in [7, 11) is 0. The van der Waals surface area contributed by atoms with E-state index in [1.54, 1.807) is 30.3 Å². The van der Waals surface area contributed by atoms with E-state index < -0.39 is 17.9 Å². The fourth-order valence-electron chi connectivity index (χ4n) is 1.69. The summed E-state index contributed by atoms with van der Waals surface area (Å²) in [5.41, 5.74) is 0.655. The van der Waals surface area contributed by atoms with Gasteiger partial charge in [-0.15, -0.1) is 0 Å². The summed E-state index contributed by atoms with van der Waals surface area (Å²) in [5, 5.41) is 15.0. The number of aliphatic hydroxyl groups is 1. The van der Waals surface area contributed by atoms with Gasteiger partial charge in [-0.1, -0.05) is 41.9 Å². The molecule has 2 rings (SSSR count). The van der Waals surface area contributed by atoms with Gasteiger partial charge in [-0.25, -0.2) is 4.98 Å². The highest BCUT2D eigenvalue weighted by molar-refractivity contribution is 6.39. The zero-order chi connectivity index (χ0) is 15.9. The lowest BCUT2D eigenvalue weighted by Gasteiger charge is -2.12. The molecule has 2 amide bonds. The van der Waals surface area contributed by atoms with Crippen molar-refractivity contribution >= 4 is 29.2 Å². The van der Waals surface area contributed by atoms with Crippen LogP contribution in [0.3, 0.4) is 0 Å². The van der Waals surface area contributed by atoms with Gasteiger partial charge < -0.3 is 15.7 Å². The Balaban J connectivity index is 1.84. The number of nitrogens with one attached hydrogen (secondary N) is 2. The maximum absolute atomic E-state index is 11.7. The third-order valence-electron chi connectivity index (χ3n) is 2.82. The van der Waals surface area contributed by atoms with Gasteiger partial charge in [0.05, 0.1) is 11.1 Å². The Morgan fingerprint density at radius 3 is 2.50 bits per heavy atom. The molecule has 0 unspecified atom stereocenters. The number of aromatic nitrogens is 1. The van der Waals surface area contributed by atoms with Crippen molar-refractivity contribution in [2.24, 2.45) is 0 Å². The molecule has 22 heavy (non-hydrogen) atoms.